The summed E-state index contributed by atoms with van der Waals surface area (Å²) in [5.41, 5.74) is 1.14. The Morgan fingerprint density at radius 2 is 1.25 bits per heavy atom. The minimum atomic E-state index is -1.41. The van der Waals surface area contributed by atoms with Gasteiger partial charge in [-0.15, -0.1) is 0 Å². The molecule has 1 aromatic carbocycles. The van der Waals surface area contributed by atoms with E-state index in [-0.39, 0.29) is 5.56 Å². The summed E-state index contributed by atoms with van der Waals surface area (Å²) in [5.74, 6) is -1.43. The average Bonchev–Trinajstić information content (AvgIpc) is 2.67. The Labute approximate surface area is 171 Å². The lowest BCUT2D eigenvalue weighted by Gasteiger charge is -2.07. The summed E-state index contributed by atoms with van der Waals surface area (Å²) in [4.78, 5) is 22.0. The summed E-state index contributed by atoms with van der Waals surface area (Å²) in [6, 6.07) is 6.64. The van der Waals surface area contributed by atoms with Crippen LogP contribution in [0.4, 0.5) is 5.69 Å². The number of hydrogen-bond donors (Lipinski definition) is 2. The zero-order valence-electron chi connectivity index (χ0n) is 17.8. The number of hydrogen-bond acceptors (Lipinski definition) is 3. The van der Waals surface area contributed by atoms with Crippen LogP contribution in [0.3, 0.4) is 0 Å². The molecular formula is C24H39NO3. The molecule has 0 radical (unpaired) electrons. The molecule has 158 valence electrons. The predicted octanol–water partition coefficient (Wildman–Crippen LogP) is 6.70. The first-order valence-corrected chi connectivity index (χ1v) is 11.1. The number of carbonyl (C=O) groups excluding carboxylic acids is 1. The minimum Gasteiger partial charge on any atom is -0.475 e. The maximum Gasteiger partial charge on any atom is 0.377 e. The Morgan fingerprint density at radius 3 is 1.71 bits per heavy atom. The largest absolute Gasteiger partial charge is 0.475 e. The highest BCUT2D eigenvalue weighted by Crippen LogP contribution is 2.14. The second-order valence-corrected chi connectivity index (χ2v) is 8.21. The van der Waals surface area contributed by atoms with Crippen LogP contribution in [0.2, 0.25) is 0 Å². The van der Waals surface area contributed by atoms with Gasteiger partial charge in [0.2, 0.25) is 0 Å². The van der Waals surface area contributed by atoms with Gasteiger partial charge in [-0.25, -0.2) is 4.79 Å². The van der Waals surface area contributed by atoms with E-state index in [4.69, 9.17) is 5.11 Å². The monoisotopic (exact) mass is 389 g/mol. The van der Waals surface area contributed by atoms with Crippen molar-refractivity contribution in [1.82, 2.24) is 0 Å². The fourth-order valence-electron chi connectivity index (χ4n) is 3.36. The van der Waals surface area contributed by atoms with E-state index in [9.17, 15) is 9.59 Å². The highest BCUT2D eigenvalue weighted by Gasteiger charge is 2.13. The molecule has 1 rings (SSSR count). The summed E-state index contributed by atoms with van der Waals surface area (Å²) < 4.78 is 0. The van der Waals surface area contributed by atoms with Crippen LogP contribution >= 0.6 is 0 Å². The van der Waals surface area contributed by atoms with Crippen molar-refractivity contribution >= 4 is 17.4 Å². The van der Waals surface area contributed by atoms with Gasteiger partial charge in [0.25, 0.3) is 5.78 Å². The smallest absolute Gasteiger partial charge is 0.377 e. The third kappa shape index (κ3) is 11.8. The van der Waals surface area contributed by atoms with Crippen LogP contribution in [0, 0.1) is 5.92 Å². The van der Waals surface area contributed by atoms with Crippen molar-refractivity contribution in [3.8, 4) is 0 Å². The summed E-state index contributed by atoms with van der Waals surface area (Å²) in [5, 5.41) is 12.0. The lowest BCUT2D eigenvalue weighted by atomic mass is 10.0. The summed E-state index contributed by atoms with van der Waals surface area (Å²) in [6.45, 7) is 5.52. The van der Waals surface area contributed by atoms with Crippen molar-refractivity contribution in [2.75, 3.05) is 11.9 Å². The third-order valence-electron chi connectivity index (χ3n) is 5.13. The molecule has 28 heavy (non-hydrogen) atoms. The summed E-state index contributed by atoms with van der Waals surface area (Å²) in [6.07, 6.45) is 16.1. The molecule has 0 aromatic heterocycles. The number of ketones is 1. The number of carbonyl (C=O) groups is 2. The van der Waals surface area contributed by atoms with Gasteiger partial charge in [0.05, 0.1) is 0 Å². The SMILES string of the molecule is CC(C)CCCCCCCCCCCCCNc1ccc(C(=O)C(=O)O)cc1. The lowest BCUT2D eigenvalue weighted by Crippen LogP contribution is -2.12. The highest BCUT2D eigenvalue weighted by atomic mass is 16.4. The highest BCUT2D eigenvalue weighted by molar-refractivity contribution is 6.39. The van der Waals surface area contributed by atoms with Crippen LogP contribution in [0.5, 0.6) is 0 Å². The van der Waals surface area contributed by atoms with Crippen molar-refractivity contribution < 1.29 is 14.7 Å². The zero-order chi connectivity index (χ0) is 20.6. The molecule has 0 saturated heterocycles. The molecule has 0 amide bonds. The number of carboxylic acids is 1. The standard InChI is InChI=1S/C24H39NO3/c1-20(2)14-12-10-8-6-4-3-5-7-9-11-13-19-25-22-17-15-21(16-18-22)23(26)24(27)28/h15-18,20,25H,3-14,19H2,1-2H3,(H,27,28). The van der Waals surface area contributed by atoms with E-state index < -0.39 is 11.8 Å². The number of benzene rings is 1. The van der Waals surface area contributed by atoms with Gasteiger partial charge in [-0.05, 0) is 36.6 Å². The molecule has 0 spiro atoms. The van der Waals surface area contributed by atoms with Crippen molar-refractivity contribution in [1.29, 1.82) is 0 Å². The molecule has 1 aromatic rings. The van der Waals surface area contributed by atoms with Crippen LogP contribution < -0.4 is 5.32 Å². The fraction of sp³-hybridized carbons (Fsp3) is 0.667. The molecule has 0 unspecified atom stereocenters. The second kappa shape index (κ2) is 15.1. The molecule has 0 heterocycles. The number of unbranched alkanes of at least 4 members (excludes halogenated alkanes) is 10. The van der Waals surface area contributed by atoms with Crippen molar-refractivity contribution in [3.63, 3.8) is 0 Å². The van der Waals surface area contributed by atoms with Gasteiger partial charge in [-0.2, -0.15) is 0 Å². The van der Waals surface area contributed by atoms with Gasteiger partial charge < -0.3 is 10.4 Å². The lowest BCUT2D eigenvalue weighted by molar-refractivity contribution is -0.131. The molecular weight excluding hydrogens is 350 g/mol. The quantitative estimate of drug-likeness (QED) is 0.177. The van der Waals surface area contributed by atoms with Gasteiger partial charge in [0.1, 0.15) is 0 Å². The van der Waals surface area contributed by atoms with Gasteiger partial charge in [-0.3, -0.25) is 4.79 Å². The first-order valence-electron chi connectivity index (χ1n) is 11.1. The van der Waals surface area contributed by atoms with Crippen molar-refractivity contribution in [2.24, 2.45) is 5.92 Å². The maximum atomic E-state index is 11.3. The van der Waals surface area contributed by atoms with Crippen LogP contribution in [-0.4, -0.2) is 23.4 Å². The molecule has 0 fully saturated rings. The number of anilines is 1. The Hall–Kier alpha value is -1.84. The third-order valence-corrected chi connectivity index (χ3v) is 5.13. The Kier molecular flexibility index (Phi) is 13.1. The number of Topliss-reactive ketones (excluding diaryl/α,β-unsaturated/α-hetero) is 1. The van der Waals surface area contributed by atoms with Crippen LogP contribution in [0.1, 0.15) is 101 Å². The van der Waals surface area contributed by atoms with E-state index in [0.717, 1.165) is 24.6 Å². The van der Waals surface area contributed by atoms with Crippen LogP contribution in [0.15, 0.2) is 24.3 Å². The minimum absolute atomic E-state index is 0.216. The van der Waals surface area contributed by atoms with E-state index in [1.165, 1.54) is 70.6 Å². The van der Waals surface area contributed by atoms with E-state index in [1.807, 2.05) is 0 Å². The maximum absolute atomic E-state index is 11.3. The van der Waals surface area contributed by atoms with E-state index in [0.29, 0.717) is 0 Å². The predicted molar refractivity (Wildman–Crippen MR) is 117 cm³/mol. The molecule has 0 aliphatic carbocycles. The molecule has 0 bridgehead atoms. The molecule has 4 heteroatoms. The fourth-order valence-corrected chi connectivity index (χ4v) is 3.36. The number of rotatable bonds is 17. The average molecular weight is 390 g/mol. The molecule has 0 saturated carbocycles. The normalized spacial score (nSPS) is 11.0. The van der Waals surface area contributed by atoms with Gasteiger partial charge in [0.15, 0.2) is 0 Å². The molecule has 0 aliphatic rings. The summed E-state index contributed by atoms with van der Waals surface area (Å²) in [7, 11) is 0. The Balaban J connectivity index is 1.91. The van der Waals surface area contributed by atoms with Gasteiger partial charge >= 0.3 is 5.97 Å². The number of nitrogens with one attached hydrogen (secondary N) is 1. The molecule has 0 aliphatic heterocycles. The van der Waals surface area contributed by atoms with Crippen LogP contribution in [-0.2, 0) is 4.79 Å². The molecule has 2 N–H and O–H groups in total. The first-order chi connectivity index (χ1) is 13.5. The van der Waals surface area contributed by atoms with Crippen LogP contribution in [0.25, 0.3) is 0 Å². The zero-order valence-corrected chi connectivity index (χ0v) is 17.8. The topological polar surface area (TPSA) is 66.4 Å². The molecule has 0 atom stereocenters. The summed E-state index contributed by atoms with van der Waals surface area (Å²) >= 11 is 0. The van der Waals surface area contributed by atoms with E-state index >= 15 is 0 Å². The first kappa shape index (κ1) is 24.2. The number of aliphatic carboxylic acids is 1. The second-order valence-electron chi connectivity index (χ2n) is 8.21. The Bertz CT molecular complexity index is 551. The van der Waals surface area contributed by atoms with Crippen molar-refractivity contribution in [2.45, 2.75) is 90.9 Å². The van der Waals surface area contributed by atoms with E-state index in [2.05, 4.69) is 19.2 Å². The van der Waals surface area contributed by atoms with Crippen molar-refractivity contribution in [3.05, 3.63) is 29.8 Å². The Morgan fingerprint density at radius 1 is 0.786 bits per heavy atom. The van der Waals surface area contributed by atoms with Gasteiger partial charge in [0, 0.05) is 17.8 Å². The number of carboxylic acid groups (broad SMARTS) is 1. The molecule has 4 nitrogen and oxygen atoms in total. The van der Waals surface area contributed by atoms with Gasteiger partial charge in [-0.1, -0.05) is 84.5 Å². The van der Waals surface area contributed by atoms with E-state index in [1.54, 1.807) is 24.3 Å².